The van der Waals surface area contributed by atoms with Gasteiger partial charge in [0.05, 0.1) is 5.56 Å². The Balaban J connectivity index is 1.67. The Labute approximate surface area is 143 Å². The number of alkyl halides is 2. The van der Waals surface area contributed by atoms with Crippen molar-refractivity contribution in [2.24, 2.45) is 0 Å². The smallest absolute Gasteiger partial charge is 0.266 e. The molecule has 0 unspecified atom stereocenters. The van der Waals surface area contributed by atoms with E-state index in [0.29, 0.717) is 5.69 Å². The van der Waals surface area contributed by atoms with Crippen molar-refractivity contribution in [3.63, 3.8) is 0 Å². The second-order valence-corrected chi connectivity index (χ2v) is 5.78. The number of hydrogen-bond donors (Lipinski definition) is 2. The van der Waals surface area contributed by atoms with Crippen LogP contribution >= 0.6 is 0 Å². The number of benzene rings is 2. The van der Waals surface area contributed by atoms with Gasteiger partial charge in [0, 0.05) is 43.1 Å². The number of nitrogens with one attached hydrogen (secondary N) is 2. The average molecular weight is 349 g/mol. The maximum Gasteiger partial charge on any atom is 0.266 e. The standard InChI is InChI=1S/C18H18F3N3O/c19-16-11-12(1-6-15(16)17(20)21)18(25)23-13-2-4-14(5-3-13)24-9-7-22-8-10-24/h1-6,11,17,22H,7-10H2,(H,23,25). The summed E-state index contributed by atoms with van der Waals surface area (Å²) >= 11 is 0. The maximum absolute atomic E-state index is 13.6. The minimum absolute atomic E-state index is 0.00641. The molecule has 1 amide bonds. The van der Waals surface area contributed by atoms with Crippen molar-refractivity contribution in [1.29, 1.82) is 0 Å². The Hall–Kier alpha value is -2.54. The lowest BCUT2D eigenvalue weighted by molar-refractivity contribution is 0.102. The highest BCUT2D eigenvalue weighted by Gasteiger charge is 2.16. The minimum atomic E-state index is -2.91. The first-order chi connectivity index (χ1) is 12.0. The van der Waals surface area contributed by atoms with E-state index in [1.54, 1.807) is 12.1 Å². The fourth-order valence-corrected chi connectivity index (χ4v) is 2.73. The highest BCUT2D eigenvalue weighted by atomic mass is 19.3. The third-order valence-electron chi connectivity index (χ3n) is 4.11. The zero-order valence-corrected chi connectivity index (χ0v) is 13.4. The molecule has 0 bridgehead atoms. The van der Waals surface area contributed by atoms with Crippen LogP contribution in [0.25, 0.3) is 0 Å². The lowest BCUT2D eigenvalue weighted by atomic mass is 10.1. The first-order valence-electron chi connectivity index (χ1n) is 7.99. The molecule has 0 aliphatic carbocycles. The average Bonchev–Trinajstić information content (AvgIpc) is 2.62. The summed E-state index contributed by atoms with van der Waals surface area (Å²) in [6, 6.07) is 10.3. The summed E-state index contributed by atoms with van der Waals surface area (Å²) < 4.78 is 38.7. The van der Waals surface area contributed by atoms with Gasteiger partial charge in [-0.15, -0.1) is 0 Å². The number of hydrogen-bond acceptors (Lipinski definition) is 3. The van der Waals surface area contributed by atoms with Gasteiger partial charge in [-0.25, -0.2) is 13.2 Å². The first kappa shape index (κ1) is 17.3. The molecule has 0 aromatic heterocycles. The van der Waals surface area contributed by atoms with E-state index >= 15 is 0 Å². The molecule has 132 valence electrons. The summed E-state index contributed by atoms with van der Waals surface area (Å²) in [5.41, 5.74) is 0.902. The van der Waals surface area contributed by atoms with E-state index in [4.69, 9.17) is 0 Å². The maximum atomic E-state index is 13.6. The van der Waals surface area contributed by atoms with Crippen LogP contribution in [-0.2, 0) is 0 Å². The third kappa shape index (κ3) is 4.11. The molecular formula is C18H18F3N3O. The highest BCUT2D eigenvalue weighted by molar-refractivity contribution is 6.04. The SMILES string of the molecule is O=C(Nc1ccc(N2CCNCC2)cc1)c1ccc(C(F)F)c(F)c1. The van der Waals surface area contributed by atoms with Crippen LogP contribution in [0.4, 0.5) is 24.5 Å². The van der Waals surface area contributed by atoms with Gasteiger partial charge >= 0.3 is 0 Å². The lowest BCUT2D eigenvalue weighted by Gasteiger charge is -2.29. The molecule has 1 saturated heterocycles. The Bertz CT molecular complexity index is 744. The molecule has 0 saturated carbocycles. The molecule has 1 fully saturated rings. The van der Waals surface area contributed by atoms with Crippen LogP contribution in [0, 0.1) is 5.82 Å². The van der Waals surface area contributed by atoms with E-state index in [9.17, 15) is 18.0 Å². The molecule has 25 heavy (non-hydrogen) atoms. The van der Waals surface area contributed by atoms with E-state index in [2.05, 4.69) is 15.5 Å². The number of carbonyl (C=O) groups excluding carboxylic acids is 1. The molecule has 0 spiro atoms. The molecule has 1 aliphatic heterocycles. The van der Waals surface area contributed by atoms with Crippen molar-refractivity contribution in [2.45, 2.75) is 6.43 Å². The molecule has 1 heterocycles. The quantitative estimate of drug-likeness (QED) is 0.889. The summed E-state index contributed by atoms with van der Waals surface area (Å²) in [7, 11) is 0. The Morgan fingerprint density at radius 2 is 1.76 bits per heavy atom. The lowest BCUT2D eigenvalue weighted by Crippen LogP contribution is -2.43. The monoisotopic (exact) mass is 349 g/mol. The summed E-state index contributed by atoms with van der Waals surface area (Å²) in [5.74, 6) is -1.63. The summed E-state index contributed by atoms with van der Waals surface area (Å²) in [5, 5.41) is 5.92. The van der Waals surface area contributed by atoms with Gasteiger partial charge in [-0.3, -0.25) is 4.79 Å². The molecule has 4 nitrogen and oxygen atoms in total. The van der Waals surface area contributed by atoms with Crippen molar-refractivity contribution >= 4 is 17.3 Å². The largest absolute Gasteiger partial charge is 0.369 e. The number of nitrogens with zero attached hydrogens (tertiary/aromatic N) is 1. The van der Waals surface area contributed by atoms with Crippen LogP contribution in [0.3, 0.4) is 0 Å². The molecule has 2 aromatic rings. The summed E-state index contributed by atoms with van der Waals surface area (Å²) in [4.78, 5) is 14.4. The van der Waals surface area contributed by atoms with Crippen molar-refractivity contribution < 1.29 is 18.0 Å². The number of halogens is 3. The van der Waals surface area contributed by atoms with E-state index < -0.39 is 23.7 Å². The van der Waals surface area contributed by atoms with E-state index in [1.165, 1.54) is 6.07 Å². The minimum Gasteiger partial charge on any atom is -0.369 e. The zero-order valence-electron chi connectivity index (χ0n) is 13.4. The second-order valence-electron chi connectivity index (χ2n) is 5.78. The number of amides is 1. The molecule has 0 atom stereocenters. The fourth-order valence-electron chi connectivity index (χ4n) is 2.73. The van der Waals surface area contributed by atoms with Crippen LogP contribution in [0.15, 0.2) is 42.5 Å². The number of anilines is 2. The molecule has 3 rings (SSSR count). The van der Waals surface area contributed by atoms with E-state index in [-0.39, 0.29) is 5.56 Å². The van der Waals surface area contributed by atoms with Gasteiger partial charge in [0.1, 0.15) is 5.82 Å². The second kappa shape index (κ2) is 7.57. The van der Waals surface area contributed by atoms with Gasteiger partial charge in [0.15, 0.2) is 0 Å². The number of piperazine rings is 1. The molecule has 2 aromatic carbocycles. The van der Waals surface area contributed by atoms with Crippen LogP contribution in [-0.4, -0.2) is 32.1 Å². The predicted molar refractivity (Wildman–Crippen MR) is 90.8 cm³/mol. The fraction of sp³-hybridized carbons (Fsp3) is 0.278. The van der Waals surface area contributed by atoms with Gasteiger partial charge in [0.25, 0.3) is 12.3 Å². The molecule has 2 N–H and O–H groups in total. The highest BCUT2D eigenvalue weighted by Crippen LogP contribution is 2.23. The van der Waals surface area contributed by atoms with Gasteiger partial charge in [-0.2, -0.15) is 0 Å². The number of rotatable bonds is 4. The summed E-state index contributed by atoms with van der Waals surface area (Å²) in [6.07, 6.45) is -2.91. The van der Waals surface area contributed by atoms with E-state index in [1.807, 2.05) is 12.1 Å². The van der Waals surface area contributed by atoms with Gasteiger partial charge in [0.2, 0.25) is 0 Å². The van der Waals surface area contributed by atoms with Gasteiger partial charge in [-0.1, -0.05) is 0 Å². The third-order valence-corrected chi connectivity index (χ3v) is 4.11. The first-order valence-corrected chi connectivity index (χ1v) is 7.99. The molecule has 0 radical (unpaired) electrons. The molecule has 1 aliphatic rings. The van der Waals surface area contributed by atoms with Crippen molar-refractivity contribution in [3.05, 3.63) is 59.4 Å². The van der Waals surface area contributed by atoms with E-state index in [0.717, 1.165) is 44.0 Å². The topological polar surface area (TPSA) is 44.4 Å². The van der Waals surface area contributed by atoms with Crippen molar-refractivity contribution in [2.75, 3.05) is 36.4 Å². The van der Waals surface area contributed by atoms with Gasteiger partial charge < -0.3 is 15.5 Å². The normalized spacial score (nSPS) is 14.6. The van der Waals surface area contributed by atoms with Crippen LogP contribution in [0.1, 0.15) is 22.3 Å². The molecule has 7 heteroatoms. The Kier molecular flexibility index (Phi) is 5.23. The van der Waals surface area contributed by atoms with Gasteiger partial charge in [-0.05, 0) is 42.5 Å². The number of carbonyl (C=O) groups is 1. The van der Waals surface area contributed by atoms with Crippen LogP contribution < -0.4 is 15.5 Å². The van der Waals surface area contributed by atoms with Crippen molar-refractivity contribution in [1.82, 2.24) is 5.32 Å². The Morgan fingerprint density at radius 1 is 1.08 bits per heavy atom. The van der Waals surface area contributed by atoms with Crippen LogP contribution in [0.2, 0.25) is 0 Å². The molecular weight excluding hydrogens is 331 g/mol. The summed E-state index contributed by atoms with van der Waals surface area (Å²) in [6.45, 7) is 3.69. The van der Waals surface area contributed by atoms with Crippen LogP contribution in [0.5, 0.6) is 0 Å². The predicted octanol–water partition coefficient (Wildman–Crippen LogP) is 3.43. The zero-order chi connectivity index (χ0) is 17.8. The van der Waals surface area contributed by atoms with Crippen molar-refractivity contribution in [3.8, 4) is 0 Å². The Morgan fingerprint density at radius 3 is 2.36 bits per heavy atom.